The maximum atomic E-state index is 12.6. The lowest BCUT2D eigenvalue weighted by Gasteiger charge is -2.26. The van der Waals surface area contributed by atoms with E-state index in [1.165, 1.54) is 17.9 Å². The molecule has 14 heteroatoms. The van der Waals surface area contributed by atoms with Crippen molar-refractivity contribution < 1.29 is 45.8 Å². The van der Waals surface area contributed by atoms with Gasteiger partial charge in [0.1, 0.15) is 0 Å². The van der Waals surface area contributed by atoms with Gasteiger partial charge >= 0.3 is 24.4 Å². The van der Waals surface area contributed by atoms with Gasteiger partial charge in [0.05, 0.1) is 6.20 Å². The summed E-state index contributed by atoms with van der Waals surface area (Å²) in [4.78, 5) is 26.0. The molecule has 2 aliphatic rings. The number of hydrogen-bond donors (Lipinski definition) is 1. The minimum absolute atomic E-state index is 0.0302. The van der Waals surface area contributed by atoms with Crippen LogP contribution in [-0.2, 0) is 18.3 Å². The fraction of sp³-hybridized carbons (Fsp3) is 0.688. The van der Waals surface area contributed by atoms with Crippen LogP contribution in [0.3, 0.4) is 0 Å². The molecule has 0 saturated carbocycles. The molecule has 3 heterocycles. The maximum absolute atomic E-state index is 12.6. The van der Waals surface area contributed by atoms with Crippen LogP contribution in [0.15, 0.2) is 6.20 Å². The van der Waals surface area contributed by atoms with E-state index in [9.17, 15) is 41.0 Å². The van der Waals surface area contributed by atoms with E-state index in [1.807, 2.05) is 4.90 Å². The number of carbonyl (C=O) groups excluding carboxylic acids is 1. The highest BCUT2D eigenvalue weighted by molar-refractivity contribution is 5.87. The molecule has 8 nitrogen and oxygen atoms in total. The molecule has 30 heavy (non-hydrogen) atoms. The van der Waals surface area contributed by atoms with Crippen LogP contribution in [0.4, 0.5) is 31.1 Å². The number of hydrogen-bond acceptors (Lipinski definition) is 5. The average Bonchev–Trinajstić information content (AvgIpc) is 3.23. The van der Waals surface area contributed by atoms with Gasteiger partial charge < -0.3 is 14.7 Å². The number of aromatic carboxylic acids is 1. The van der Waals surface area contributed by atoms with Crippen molar-refractivity contribution in [2.75, 3.05) is 26.2 Å². The quantitative estimate of drug-likeness (QED) is 0.716. The third-order valence-electron chi connectivity index (χ3n) is 5.24. The SMILES string of the molecule is Cn1ncc(CN2CC3CN(C(=O)OC(C(F)(F)F)C(F)(F)F)CC3C2)c1C(=O)O. The van der Waals surface area contributed by atoms with Crippen LogP contribution in [0.1, 0.15) is 16.1 Å². The van der Waals surface area contributed by atoms with Crippen LogP contribution in [0.5, 0.6) is 0 Å². The van der Waals surface area contributed by atoms with Crippen LogP contribution in [0, 0.1) is 11.8 Å². The molecule has 0 aromatic carbocycles. The first kappa shape index (κ1) is 22.2. The molecule has 1 N–H and O–H groups in total. The van der Waals surface area contributed by atoms with Gasteiger partial charge in [-0.05, 0) is 11.8 Å². The van der Waals surface area contributed by atoms with Gasteiger partial charge in [0.25, 0.3) is 6.10 Å². The van der Waals surface area contributed by atoms with Gasteiger partial charge in [-0.15, -0.1) is 0 Å². The van der Waals surface area contributed by atoms with Crippen LogP contribution < -0.4 is 0 Å². The first-order valence-corrected chi connectivity index (χ1v) is 8.83. The summed E-state index contributed by atoms with van der Waals surface area (Å²) in [6, 6.07) is 0. The molecule has 1 amide bonds. The average molecular weight is 444 g/mol. The van der Waals surface area contributed by atoms with Gasteiger partial charge in [0.15, 0.2) is 5.69 Å². The van der Waals surface area contributed by atoms with Gasteiger partial charge in [0.2, 0.25) is 0 Å². The Bertz CT molecular complexity index is 796. The Labute approximate surface area is 166 Å². The summed E-state index contributed by atoms with van der Waals surface area (Å²) in [5.41, 5.74) is 0.516. The highest BCUT2D eigenvalue weighted by Crippen LogP contribution is 2.37. The summed E-state index contributed by atoms with van der Waals surface area (Å²) >= 11 is 0. The molecule has 0 radical (unpaired) electrons. The normalized spacial score (nSPS) is 22.6. The molecule has 2 atom stereocenters. The van der Waals surface area contributed by atoms with E-state index < -0.39 is 30.5 Å². The fourth-order valence-electron chi connectivity index (χ4n) is 3.98. The van der Waals surface area contributed by atoms with Gasteiger partial charge in [-0.3, -0.25) is 9.58 Å². The lowest BCUT2D eigenvalue weighted by atomic mass is 10.0. The van der Waals surface area contributed by atoms with Crippen molar-refractivity contribution in [1.29, 1.82) is 0 Å². The monoisotopic (exact) mass is 444 g/mol. The zero-order chi connectivity index (χ0) is 22.4. The van der Waals surface area contributed by atoms with Crippen LogP contribution in [-0.4, -0.2) is 81.4 Å². The molecular weight excluding hydrogens is 426 g/mol. The van der Waals surface area contributed by atoms with E-state index in [-0.39, 0.29) is 37.2 Å². The molecule has 0 aliphatic carbocycles. The van der Waals surface area contributed by atoms with Gasteiger partial charge in [-0.25, -0.2) is 9.59 Å². The van der Waals surface area contributed by atoms with Gasteiger partial charge in [-0.1, -0.05) is 0 Å². The number of rotatable bonds is 4. The Morgan fingerprint density at radius 2 is 1.67 bits per heavy atom. The first-order chi connectivity index (χ1) is 13.8. The Kier molecular flexibility index (Phi) is 5.64. The van der Waals surface area contributed by atoms with Crippen molar-refractivity contribution in [3.05, 3.63) is 17.5 Å². The van der Waals surface area contributed by atoms with E-state index in [0.717, 1.165) is 4.90 Å². The van der Waals surface area contributed by atoms with E-state index in [0.29, 0.717) is 18.7 Å². The third kappa shape index (κ3) is 4.47. The number of halogens is 6. The molecule has 1 aromatic rings. The van der Waals surface area contributed by atoms with Crippen molar-refractivity contribution in [3.63, 3.8) is 0 Å². The fourth-order valence-corrected chi connectivity index (χ4v) is 3.98. The summed E-state index contributed by atoms with van der Waals surface area (Å²) in [6.45, 7) is 1.01. The van der Waals surface area contributed by atoms with E-state index in [4.69, 9.17) is 0 Å². The Morgan fingerprint density at radius 3 is 2.13 bits per heavy atom. The number of carboxylic acids is 1. The zero-order valence-electron chi connectivity index (χ0n) is 15.6. The minimum Gasteiger partial charge on any atom is -0.477 e. The van der Waals surface area contributed by atoms with E-state index in [2.05, 4.69) is 9.84 Å². The van der Waals surface area contributed by atoms with Crippen molar-refractivity contribution in [2.24, 2.45) is 18.9 Å². The minimum atomic E-state index is -5.76. The van der Waals surface area contributed by atoms with Crippen molar-refractivity contribution in [3.8, 4) is 0 Å². The molecule has 0 spiro atoms. The van der Waals surface area contributed by atoms with Crippen molar-refractivity contribution >= 4 is 12.1 Å². The molecular formula is C16H18F6N4O4. The number of fused-ring (bicyclic) bond motifs is 1. The van der Waals surface area contributed by atoms with Crippen molar-refractivity contribution in [1.82, 2.24) is 19.6 Å². The van der Waals surface area contributed by atoms with Crippen LogP contribution >= 0.6 is 0 Å². The Balaban J connectivity index is 1.58. The first-order valence-electron chi connectivity index (χ1n) is 8.83. The summed E-state index contributed by atoms with van der Waals surface area (Å²) in [6.07, 6.45) is -15.9. The van der Waals surface area contributed by atoms with Gasteiger partial charge in [0, 0.05) is 45.3 Å². The lowest BCUT2D eigenvalue weighted by Crippen LogP contribution is -2.48. The number of amides is 1. The standard InChI is InChI=1S/C16H18F6N4O4/c1-24-11(12(27)28)8(2-23-24)3-25-4-9-6-26(7-10(9)5-25)14(29)30-13(15(17,18)19)16(20,21)22/h2,9-10,13H,3-7H2,1H3,(H,27,28). The molecule has 0 bridgehead atoms. The topological polar surface area (TPSA) is 87.9 Å². The number of carbonyl (C=O) groups is 2. The number of nitrogens with zero attached hydrogens (tertiary/aromatic N) is 4. The Morgan fingerprint density at radius 1 is 1.13 bits per heavy atom. The highest BCUT2D eigenvalue weighted by atomic mass is 19.4. The molecule has 2 fully saturated rings. The van der Waals surface area contributed by atoms with E-state index >= 15 is 0 Å². The summed E-state index contributed by atoms with van der Waals surface area (Å²) < 4.78 is 80.4. The lowest BCUT2D eigenvalue weighted by molar-refractivity contribution is -0.308. The second kappa shape index (κ2) is 7.63. The number of carboxylic acid groups (broad SMARTS) is 1. The summed E-state index contributed by atoms with van der Waals surface area (Å²) in [5, 5.41) is 13.2. The molecule has 2 unspecified atom stereocenters. The molecule has 2 saturated heterocycles. The zero-order valence-corrected chi connectivity index (χ0v) is 15.6. The summed E-state index contributed by atoms with van der Waals surface area (Å²) in [7, 11) is 1.49. The predicted octanol–water partition coefficient (Wildman–Crippen LogP) is 2.11. The summed E-state index contributed by atoms with van der Waals surface area (Å²) in [5.74, 6) is -1.47. The second-order valence-electron chi connectivity index (χ2n) is 7.41. The smallest absolute Gasteiger partial charge is 0.434 e. The molecule has 168 valence electrons. The van der Waals surface area contributed by atoms with Gasteiger partial charge in [-0.2, -0.15) is 31.4 Å². The largest absolute Gasteiger partial charge is 0.477 e. The van der Waals surface area contributed by atoms with E-state index in [1.54, 1.807) is 0 Å². The number of ether oxygens (including phenoxy) is 1. The third-order valence-corrected chi connectivity index (χ3v) is 5.24. The maximum Gasteiger partial charge on any atom is 0.434 e. The van der Waals surface area contributed by atoms with Crippen molar-refractivity contribution in [2.45, 2.75) is 25.0 Å². The number of aromatic nitrogens is 2. The van der Waals surface area contributed by atoms with Crippen LogP contribution in [0.2, 0.25) is 0 Å². The molecule has 3 rings (SSSR count). The van der Waals surface area contributed by atoms with Crippen LogP contribution in [0.25, 0.3) is 0 Å². The Hall–Kier alpha value is -2.51. The number of alkyl halides is 6. The highest BCUT2D eigenvalue weighted by Gasteiger charge is 2.60. The number of aryl methyl sites for hydroxylation is 1. The second-order valence-corrected chi connectivity index (χ2v) is 7.41. The molecule has 2 aliphatic heterocycles. The predicted molar refractivity (Wildman–Crippen MR) is 86.4 cm³/mol. The number of likely N-dealkylation sites (tertiary alicyclic amines) is 2. The molecule has 1 aromatic heterocycles.